The van der Waals surface area contributed by atoms with Crippen LogP contribution >= 0.6 is 31.9 Å². The van der Waals surface area contributed by atoms with Gasteiger partial charge in [0.25, 0.3) is 0 Å². The summed E-state index contributed by atoms with van der Waals surface area (Å²) < 4.78 is 11.6. The number of halogens is 2. The summed E-state index contributed by atoms with van der Waals surface area (Å²) in [4.78, 5) is 15.8. The summed E-state index contributed by atoms with van der Waals surface area (Å²) in [5.41, 5.74) is 2.24. The summed E-state index contributed by atoms with van der Waals surface area (Å²) >= 11 is 6.70. The molecule has 0 fully saturated rings. The van der Waals surface area contributed by atoms with E-state index < -0.39 is 5.97 Å². The normalized spacial score (nSPS) is 13.7. The van der Waals surface area contributed by atoms with E-state index in [1.54, 1.807) is 6.92 Å². The summed E-state index contributed by atoms with van der Waals surface area (Å²) in [7, 11) is 0. The van der Waals surface area contributed by atoms with Crippen molar-refractivity contribution in [3.8, 4) is 0 Å². The summed E-state index contributed by atoms with van der Waals surface area (Å²) in [6.07, 6.45) is 0. The molecule has 0 radical (unpaired) electrons. The van der Waals surface area contributed by atoms with Crippen LogP contribution in [0.3, 0.4) is 0 Å². The number of fused-ring (bicyclic) bond motifs is 1. The monoisotopic (exact) mass is 349 g/mol. The molecule has 2 heterocycles. The quantitative estimate of drug-likeness (QED) is 0.608. The average Bonchev–Trinajstić information content (AvgIpc) is 2.73. The van der Waals surface area contributed by atoms with Crippen molar-refractivity contribution in [1.82, 2.24) is 4.98 Å². The summed E-state index contributed by atoms with van der Waals surface area (Å²) in [6.45, 7) is 3.10. The molecule has 0 bridgehead atoms. The Hall–Kier alpha value is -0.460. The number of pyridine rings is 1. The molecule has 0 unspecified atom stereocenters. The van der Waals surface area contributed by atoms with Gasteiger partial charge in [0.15, 0.2) is 5.69 Å². The Morgan fingerprint density at radius 3 is 2.81 bits per heavy atom. The molecule has 0 saturated carbocycles. The van der Waals surface area contributed by atoms with Crippen molar-refractivity contribution in [3.63, 3.8) is 0 Å². The molecule has 2 rings (SSSR count). The van der Waals surface area contributed by atoms with Crippen LogP contribution in [0.2, 0.25) is 0 Å². The first kappa shape index (κ1) is 12.0. The van der Waals surface area contributed by atoms with E-state index in [0.717, 1.165) is 11.1 Å². The van der Waals surface area contributed by atoms with E-state index in [1.807, 2.05) is 0 Å². The highest BCUT2D eigenvalue weighted by Crippen LogP contribution is 2.34. The van der Waals surface area contributed by atoms with Gasteiger partial charge < -0.3 is 9.47 Å². The molecule has 1 aliphatic rings. The maximum atomic E-state index is 11.6. The third kappa shape index (κ3) is 2.01. The number of ether oxygens (including phenoxy) is 2. The third-order valence-corrected chi connectivity index (χ3v) is 3.77. The third-order valence-electron chi connectivity index (χ3n) is 2.26. The Labute approximate surface area is 110 Å². The fourth-order valence-corrected chi connectivity index (χ4v) is 2.64. The molecule has 0 aromatic carbocycles. The SMILES string of the molecule is CCOC(=O)c1nc(Br)c2c(c1Br)COC2. The Bertz CT molecular complexity index is 448. The van der Waals surface area contributed by atoms with Crippen molar-refractivity contribution in [1.29, 1.82) is 0 Å². The van der Waals surface area contributed by atoms with Gasteiger partial charge in [0, 0.05) is 11.1 Å². The van der Waals surface area contributed by atoms with E-state index in [9.17, 15) is 4.79 Å². The lowest BCUT2D eigenvalue weighted by Gasteiger charge is -2.08. The number of hydrogen-bond acceptors (Lipinski definition) is 4. The zero-order valence-electron chi connectivity index (χ0n) is 8.55. The topological polar surface area (TPSA) is 48.4 Å². The van der Waals surface area contributed by atoms with Gasteiger partial charge in [0.05, 0.1) is 24.3 Å². The fraction of sp³-hybridized carbons (Fsp3) is 0.400. The average molecular weight is 351 g/mol. The lowest BCUT2D eigenvalue weighted by Crippen LogP contribution is -2.10. The number of rotatable bonds is 2. The van der Waals surface area contributed by atoms with Crippen molar-refractivity contribution in [3.05, 3.63) is 25.9 Å². The summed E-state index contributed by atoms with van der Waals surface area (Å²) in [5.74, 6) is -0.426. The van der Waals surface area contributed by atoms with Crippen LogP contribution in [0.25, 0.3) is 0 Å². The molecule has 0 atom stereocenters. The van der Waals surface area contributed by atoms with E-state index in [1.165, 1.54) is 0 Å². The highest BCUT2D eigenvalue weighted by molar-refractivity contribution is 9.11. The van der Waals surface area contributed by atoms with Gasteiger partial charge in [-0.2, -0.15) is 0 Å². The predicted molar refractivity (Wildman–Crippen MR) is 64.1 cm³/mol. The molecule has 0 amide bonds. The first-order valence-corrected chi connectivity index (χ1v) is 6.35. The molecule has 0 spiro atoms. The highest BCUT2D eigenvalue weighted by atomic mass is 79.9. The van der Waals surface area contributed by atoms with Gasteiger partial charge in [0.1, 0.15) is 4.60 Å². The number of nitrogens with zero attached hydrogens (tertiary/aromatic N) is 1. The number of carbonyl (C=O) groups excluding carboxylic acids is 1. The molecule has 0 aliphatic carbocycles. The first-order chi connectivity index (χ1) is 7.65. The fourth-order valence-electron chi connectivity index (χ4n) is 1.50. The van der Waals surface area contributed by atoms with Crippen molar-refractivity contribution < 1.29 is 14.3 Å². The Balaban J connectivity index is 2.48. The predicted octanol–water partition coefficient (Wildman–Crippen LogP) is 2.81. The van der Waals surface area contributed by atoms with Crippen LogP contribution in [0.15, 0.2) is 9.08 Å². The van der Waals surface area contributed by atoms with Crippen LogP contribution in [-0.4, -0.2) is 17.6 Å². The number of esters is 1. The van der Waals surface area contributed by atoms with E-state index in [2.05, 4.69) is 36.8 Å². The zero-order chi connectivity index (χ0) is 11.7. The Kier molecular flexibility index (Phi) is 3.61. The minimum atomic E-state index is -0.426. The van der Waals surface area contributed by atoms with Gasteiger partial charge in [-0.3, -0.25) is 0 Å². The van der Waals surface area contributed by atoms with E-state index in [0.29, 0.717) is 28.9 Å². The van der Waals surface area contributed by atoms with Gasteiger partial charge in [0.2, 0.25) is 0 Å². The molecular weight excluding hydrogens is 342 g/mol. The molecule has 1 aromatic rings. The van der Waals surface area contributed by atoms with Gasteiger partial charge in [-0.15, -0.1) is 0 Å². The maximum absolute atomic E-state index is 11.6. The van der Waals surface area contributed by atoms with Crippen molar-refractivity contribution >= 4 is 37.8 Å². The lowest BCUT2D eigenvalue weighted by atomic mass is 10.1. The van der Waals surface area contributed by atoms with Gasteiger partial charge in [-0.05, 0) is 38.8 Å². The van der Waals surface area contributed by atoms with Crippen LogP contribution in [0.5, 0.6) is 0 Å². The van der Waals surface area contributed by atoms with Crippen LogP contribution in [0.1, 0.15) is 28.5 Å². The molecule has 0 N–H and O–H groups in total. The van der Waals surface area contributed by atoms with Crippen LogP contribution in [-0.2, 0) is 22.7 Å². The lowest BCUT2D eigenvalue weighted by molar-refractivity contribution is 0.0518. The van der Waals surface area contributed by atoms with Crippen molar-refractivity contribution in [2.45, 2.75) is 20.1 Å². The molecular formula is C10H9Br2NO3. The molecule has 6 heteroatoms. The maximum Gasteiger partial charge on any atom is 0.358 e. The van der Waals surface area contributed by atoms with E-state index in [4.69, 9.17) is 9.47 Å². The van der Waals surface area contributed by atoms with Crippen molar-refractivity contribution in [2.75, 3.05) is 6.61 Å². The van der Waals surface area contributed by atoms with E-state index >= 15 is 0 Å². The molecule has 4 nitrogen and oxygen atoms in total. The van der Waals surface area contributed by atoms with Crippen LogP contribution in [0, 0.1) is 0 Å². The molecule has 1 aliphatic heterocycles. The molecule has 16 heavy (non-hydrogen) atoms. The Morgan fingerprint density at radius 1 is 1.44 bits per heavy atom. The highest BCUT2D eigenvalue weighted by Gasteiger charge is 2.25. The van der Waals surface area contributed by atoms with Crippen LogP contribution in [0.4, 0.5) is 0 Å². The molecule has 0 saturated heterocycles. The standard InChI is InChI=1S/C10H9Br2NO3/c1-2-16-10(14)8-7(11)5-3-15-4-6(5)9(12)13-8/h2-4H2,1H3. The minimum Gasteiger partial charge on any atom is -0.461 e. The summed E-state index contributed by atoms with van der Waals surface area (Å²) in [6, 6.07) is 0. The number of carbonyl (C=O) groups is 1. The van der Waals surface area contributed by atoms with Crippen molar-refractivity contribution in [2.24, 2.45) is 0 Å². The second-order valence-corrected chi connectivity index (χ2v) is 4.78. The van der Waals surface area contributed by atoms with Gasteiger partial charge >= 0.3 is 5.97 Å². The smallest absolute Gasteiger partial charge is 0.358 e. The minimum absolute atomic E-state index is 0.290. The second-order valence-electron chi connectivity index (χ2n) is 3.24. The zero-order valence-corrected chi connectivity index (χ0v) is 11.7. The Morgan fingerprint density at radius 2 is 2.12 bits per heavy atom. The molecule has 1 aromatic heterocycles. The largest absolute Gasteiger partial charge is 0.461 e. The molecule has 86 valence electrons. The number of aromatic nitrogens is 1. The van der Waals surface area contributed by atoms with Gasteiger partial charge in [-0.1, -0.05) is 0 Å². The summed E-state index contributed by atoms with van der Waals surface area (Å²) in [5, 5.41) is 0. The van der Waals surface area contributed by atoms with Crippen LogP contribution < -0.4 is 0 Å². The second kappa shape index (κ2) is 4.81. The number of hydrogen-bond donors (Lipinski definition) is 0. The van der Waals surface area contributed by atoms with Gasteiger partial charge in [-0.25, -0.2) is 9.78 Å². The first-order valence-electron chi connectivity index (χ1n) is 4.76. The van der Waals surface area contributed by atoms with E-state index in [-0.39, 0.29) is 5.69 Å².